The lowest BCUT2D eigenvalue weighted by Gasteiger charge is -2.36. The highest BCUT2D eigenvalue weighted by molar-refractivity contribution is 7.91. The Morgan fingerprint density at radius 2 is 1.70 bits per heavy atom. The van der Waals surface area contributed by atoms with Crippen molar-refractivity contribution in [3.63, 3.8) is 0 Å². The molecule has 0 aromatic heterocycles. The van der Waals surface area contributed by atoms with E-state index < -0.39 is 15.9 Å². The molecule has 5 heteroatoms. The van der Waals surface area contributed by atoms with E-state index in [-0.39, 0.29) is 17.5 Å². The lowest BCUT2D eigenvalue weighted by molar-refractivity contribution is 0.0664. The van der Waals surface area contributed by atoms with Crippen LogP contribution in [-0.4, -0.2) is 55.2 Å². The quantitative estimate of drug-likeness (QED) is 0.885. The van der Waals surface area contributed by atoms with E-state index in [0.29, 0.717) is 5.92 Å². The predicted molar refractivity (Wildman–Crippen MR) is 78.4 cm³/mol. The van der Waals surface area contributed by atoms with Crippen LogP contribution in [0.25, 0.3) is 0 Å². The number of benzene rings is 1. The molecule has 2 aliphatic rings. The van der Waals surface area contributed by atoms with Gasteiger partial charge in [0.2, 0.25) is 0 Å². The number of nitrogens with zero attached hydrogens (tertiary/aromatic N) is 1. The van der Waals surface area contributed by atoms with Crippen LogP contribution in [0.5, 0.6) is 0 Å². The number of aliphatic hydroxyl groups is 1. The fourth-order valence-corrected chi connectivity index (χ4v) is 5.28. The summed E-state index contributed by atoms with van der Waals surface area (Å²) in [5.41, 5.74) is 1.37. The number of hydrogen-bond donors (Lipinski definition) is 1. The van der Waals surface area contributed by atoms with Crippen LogP contribution in [0.4, 0.5) is 0 Å². The number of rotatable bonds is 2. The Bertz CT molecular complexity index is 550. The van der Waals surface area contributed by atoms with Gasteiger partial charge in [0, 0.05) is 0 Å². The van der Waals surface area contributed by atoms with Crippen LogP contribution in [-0.2, 0) is 9.84 Å². The minimum absolute atomic E-state index is 0.0731. The highest BCUT2D eigenvalue weighted by Crippen LogP contribution is 2.30. The van der Waals surface area contributed by atoms with Crippen molar-refractivity contribution in [1.29, 1.82) is 0 Å². The summed E-state index contributed by atoms with van der Waals surface area (Å²) >= 11 is 0. The molecule has 1 aromatic rings. The van der Waals surface area contributed by atoms with E-state index in [9.17, 15) is 13.5 Å². The molecule has 0 bridgehead atoms. The van der Waals surface area contributed by atoms with Gasteiger partial charge in [0.15, 0.2) is 9.84 Å². The van der Waals surface area contributed by atoms with E-state index >= 15 is 0 Å². The zero-order chi connectivity index (χ0) is 14.2. The van der Waals surface area contributed by atoms with Gasteiger partial charge in [-0.1, -0.05) is 30.3 Å². The Balaban J connectivity index is 1.62. The van der Waals surface area contributed by atoms with Gasteiger partial charge in [-0.05, 0) is 37.4 Å². The number of sulfone groups is 1. The zero-order valence-electron chi connectivity index (χ0n) is 11.5. The molecule has 3 rings (SSSR count). The molecule has 0 radical (unpaired) electrons. The van der Waals surface area contributed by atoms with Crippen molar-refractivity contribution in [2.24, 2.45) is 0 Å². The molecular formula is C15H21NO3S. The second-order valence-corrected chi connectivity index (χ2v) is 8.09. The first-order valence-corrected chi connectivity index (χ1v) is 9.05. The van der Waals surface area contributed by atoms with E-state index in [4.69, 9.17) is 0 Å². The maximum atomic E-state index is 11.6. The van der Waals surface area contributed by atoms with Gasteiger partial charge in [-0.2, -0.15) is 0 Å². The standard InChI is InChI=1S/C15H21NO3S/c17-15-11-20(18,19)10-14(15)16-8-6-13(7-9-16)12-4-2-1-3-5-12/h1-5,13-15,17H,6-11H2/t14-,15+/m0/s1. The SMILES string of the molecule is O=S1(=O)C[C@@H](O)[C@@H](N2CCC(c3ccccc3)CC2)C1. The summed E-state index contributed by atoms with van der Waals surface area (Å²) in [4.78, 5) is 2.16. The van der Waals surface area contributed by atoms with Crippen molar-refractivity contribution >= 4 is 9.84 Å². The van der Waals surface area contributed by atoms with Crippen LogP contribution in [0, 0.1) is 0 Å². The van der Waals surface area contributed by atoms with Gasteiger partial charge in [-0.15, -0.1) is 0 Å². The number of piperidine rings is 1. The lowest BCUT2D eigenvalue weighted by Crippen LogP contribution is -2.46. The van der Waals surface area contributed by atoms with Gasteiger partial charge in [0.1, 0.15) is 0 Å². The first-order chi connectivity index (χ1) is 9.55. The second kappa shape index (κ2) is 5.47. The van der Waals surface area contributed by atoms with Crippen molar-refractivity contribution < 1.29 is 13.5 Å². The molecule has 2 aliphatic heterocycles. The zero-order valence-corrected chi connectivity index (χ0v) is 12.3. The minimum atomic E-state index is -3.05. The van der Waals surface area contributed by atoms with Gasteiger partial charge in [-0.25, -0.2) is 8.42 Å². The van der Waals surface area contributed by atoms with E-state index in [1.807, 2.05) is 6.07 Å². The first-order valence-electron chi connectivity index (χ1n) is 7.23. The third-order valence-corrected chi connectivity index (χ3v) is 6.26. The molecule has 2 saturated heterocycles. The fourth-order valence-electron chi connectivity index (χ4n) is 3.45. The van der Waals surface area contributed by atoms with Crippen molar-refractivity contribution in [3.05, 3.63) is 35.9 Å². The predicted octanol–water partition coefficient (Wildman–Crippen LogP) is 1.02. The van der Waals surface area contributed by atoms with Crippen molar-refractivity contribution in [1.82, 2.24) is 4.90 Å². The number of hydrogen-bond acceptors (Lipinski definition) is 4. The molecule has 1 N–H and O–H groups in total. The summed E-state index contributed by atoms with van der Waals surface area (Å²) in [7, 11) is -3.05. The molecule has 0 saturated carbocycles. The Hall–Kier alpha value is -0.910. The van der Waals surface area contributed by atoms with Crippen LogP contribution >= 0.6 is 0 Å². The van der Waals surface area contributed by atoms with E-state index in [2.05, 4.69) is 29.2 Å². The highest BCUT2D eigenvalue weighted by atomic mass is 32.2. The monoisotopic (exact) mass is 295 g/mol. The largest absolute Gasteiger partial charge is 0.390 e. The first kappa shape index (κ1) is 14.0. The third kappa shape index (κ3) is 2.90. The van der Waals surface area contributed by atoms with Crippen molar-refractivity contribution in [2.75, 3.05) is 24.6 Å². The lowest BCUT2D eigenvalue weighted by atomic mass is 9.89. The maximum absolute atomic E-state index is 11.6. The summed E-state index contributed by atoms with van der Waals surface area (Å²) in [6.07, 6.45) is 1.36. The molecule has 1 aromatic carbocycles. The van der Waals surface area contributed by atoms with Crippen molar-refractivity contribution in [3.8, 4) is 0 Å². The number of aliphatic hydroxyl groups excluding tert-OH is 1. The Morgan fingerprint density at radius 3 is 2.25 bits per heavy atom. The Morgan fingerprint density at radius 1 is 1.05 bits per heavy atom. The van der Waals surface area contributed by atoms with Crippen LogP contribution in [0.15, 0.2) is 30.3 Å². The molecule has 0 unspecified atom stereocenters. The molecule has 20 heavy (non-hydrogen) atoms. The molecule has 0 spiro atoms. The second-order valence-electron chi connectivity index (χ2n) is 5.93. The summed E-state index contributed by atoms with van der Waals surface area (Å²) in [5, 5.41) is 9.94. The minimum Gasteiger partial charge on any atom is -0.390 e. The average Bonchev–Trinajstić information content (AvgIpc) is 2.73. The summed E-state index contributed by atoms with van der Waals surface area (Å²) in [5.74, 6) is 0.600. The highest BCUT2D eigenvalue weighted by Gasteiger charge is 2.40. The molecule has 110 valence electrons. The normalized spacial score (nSPS) is 31.4. The van der Waals surface area contributed by atoms with Gasteiger partial charge in [0.05, 0.1) is 23.7 Å². The fraction of sp³-hybridized carbons (Fsp3) is 0.600. The Labute approximate surface area is 120 Å². The molecule has 0 amide bonds. The van der Waals surface area contributed by atoms with Gasteiger partial charge < -0.3 is 5.11 Å². The average molecular weight is 295 g/mol. The topological polar surface area (TPSA) is 57.6 Å². The maximum Gasteiger partial charge on any atom is 0.154 e. The molecular weight excluding hydrogens is 274 g/mol. The molecule has 4 nitrogen and oxygen atoms in total. The van der Waals surface area contributed by atoms with E-state index in [1.165, 1.54) is 5.56 Å². The van der Waals surface area contributed by atoms with Gasteiger partial charge in [0.25, 0.3) is 0 Å². The number of likely N-dealkylation sites (tertiary alicyclic amines) is 1. The van der Waals surface area contributed by atoms with Crippen LogP contribution in [0.3, 0.4) is 0 Å². The molecule has 2 atom stereocenters. The molecule has 2 fully saturated rings. The third-order valence-electron chi connectivity index (χ3n) is 4.56. The summed E-state index contributed by atoms with van der Waals surface area (Å²) in [6.45, 7) is 1.74. The molecule has 2 heterocycles. The van der Waals surface area contributed by atoms with Gasteiger partial charge >= 0.3 is 0 Å². The smallest absolute Gasteiger partial charge is 0.154 e. The summed E-state index contributed by atoms with van der Waals surface area (Å²) in [6, 6.07) is 10.3. The van der Waals surface area contributed by atoms with Crippen LogP contribution in [0.1, 0.15) is 24.3 Å². The van der Waals surface area contributed by atoms with Crippen LogP contribution < -0.4 is 0 Å². The van der Waals surface area contributed by atoms with Crippen molar-refractivity contribution in [2.45, 2.75) is 30.9 Å². The van der Waals surface area contributed by atoms with E-state index in [0.717, 1.165) is 25.9 Å². The molecule has 0 aliphatic carbocycles. The summed E-state index contributed by atoms with van der Waals surface area (Å²) < 4.78 is 23.2. The van der Waals surface area contributed by atoms with Crippen LogP contribution in [0.2, 0.25) is 0 Å². The van der Waals surface area contributed by atoms with Gasteiger partial charge in [-0.3, -0.25) is 4.90 Å². The van der Waals surface area contributed by atoms with E-state index in [1.54, 1.807) is 0 Å². The Kier molecular flexibility index (Phi) is 3.84.